The van der Waals surface area contributed by atoms with E-state index in [1.807, 2.05) is 78.9 Å². The van der Waals surface area contributed by atoms with Gasteiger partial charge in [-0.25, -0.2) is 9.48 Å². The van der Waals surface area contributed by atoms with E-state index < -0.39 is 18.2 Å². The molecule has 9 nitrogen and oxygen atoms in total. The van der Waals surface area contributed by atoms with Gasteiger partial charge in [0.2, 0.25) is 11.5 Å². The van der Waals surface area contributed by atoms with Gasteiger partial charge in [-0.05, 0) is 35.4 Å². The van der Waals surface area contributed by atoms with Gasteiger partial charge in [-0.3, -0.25) is 9.59 Å². The SMILES string of the molecule is Cn1cc(-n2ncc3cc(N4C(=O)C[C@H](NC(=O)OCc5ccccc5)[C@H]4c4ccccc4)ccc32)ccc1=O. The summed E-state index contributed by atoms with van der Waals surface area (Å²) in [7, 11) is 1.69. The summed E-state index contributed by atoms with van der Waals surface area (Å²) in [6.45, 7) is 0.142. The Morgan fingerprint density at radius 3 is 2.42 bits per heavy atom. The highest BCUT2D eigenvalue weighted by Crippen LogP contribution is 2.38. The maximum Gasteiger partial charge on any atom is 0.407 e. The number of aromatic nitrogens is 3. The first kappa shape index (κ1) is 25.1. The van der Waals surface area contributed by atoms with Gasteiger partial charge >= 0.3 is 6.09 Å². The highest BCUT2D eigenvalue weighted by Gasteiger charge is 2.42. The summed E-state index contributed by atoms with van der Waals surface area (Å²) in [5, 5.41) is 8.29. The molecule has 0 unspecified atom stereocenters. The predicted octanol–water partition coefficient (Wildman–Crippen LogP) is 4.50. The molecular formula is C31H27N5O4. The molecule has 5 aromatic rings. The van der Waals surface area contributed by atoms with Gasteiger partial charge in [0.25, 0.3) is 0 Å². The Kier molecular flexibility index (Phi) is 6.61. The number of amides is 2. The fourth-order valence-electron chi connectivity index (χ4n) is 5.20. The van der Waals surface area contributed by atoms with E-state index in [0.717, 1.165) is 27.7 Å². The molecule has 1 fully saturated rings. The molecule has 40 heavy (non-hydrogen) atoms. The van der Waals surface area contributed by atoms with Crippen molar-refractivity contribution in [3.05, 3.63) is 125 Å². The normalized spacial score (nSPS) is 16.8. The zero-order valence-corrected chi connectivity index (χ0v) is 21.8. The Balaban J connectivity index is 1.29. The van der Waals surface area contributed by atoms with Crippen LogP contribution in [-0.2, 0) is 23.2 Å². The summed E-state index contributed by atoms with van der Waals surface area (Å²) in [6, 6.07) is 27.2. The summed E-state index contributed by atoms with van der Waals surface area (Å²) in [5.41, 5.74) is 3.98. The molecule has 200 valence electrons. The van der Waals surface area contributed by atoms with Crippen molar-refractivity contribution >= 4 is 28.6 Å². The number of hydrogen-bond donors (Lipinski definition) is 1. The quantitative estimate of drug-likeness (QED) is 0.347. The maximum absolute atomic E-state index is 13.4. The van der Waals surface area contributed by atoms with E-state index in [4.69, 9.17) is 4.74 Å². The summed E-state index contributed by atoms with van der Waals surface area (Å²) < 4.78 is 8.72. The standard InChI is InChI=1S/C31H27N5O4/c1-34-19-25(13-15-28(34)37)36-27-14-12-24(16-23(27)18-32-36)35-29(38)17-26(30(35)22-10-6-3-7-11-22)33-31(39)40-20-21-8-4-2-5-9-21/h2-16,18-19,26,30H,17,20H2,1H3,(H,33,39)/t26-,30+/m0/s1. The van der Waals surface area contributed by atoms with Gasteiger partial charge in [-0.2, -0.15) is 5.10 Å². The first-order valence-electron chi connectivity index (χ1n) is 13.0. The van der Waals surface area contributed by atoms with Crippen molar-refractivity contribution < 1.29 is 14.3 Å². The van der Waals surface area contributed by atoms with Crippen LogP contribution in [0.15, 0.2) is 108 Å². The minimum Gasteiger partial charge on any atom is -0.445 e. The Morgan fingerprint density at radius 1 is 0.950 bits per heavy atom. The molecule has 2 atom stereocenters. The predicted molar refractivity (Wildman–Crippen MR) is 151 cm³/mol. The second-order valence-corrected chi connectivity index (χ2v) is 9.77. The van der Waals surface area contributed by atoms with Crippen molar-refractivity contribution in [3.63, 3.8) is 0 Å². The van der Waals surface area contributed by atoms with Gasteiger partial charge in [-0.1, -0.05) is 60.7 Å². The second kappa shape index (κ2) is 10.5. The number of benzene rings is 3. The van der Waals surface area contributed by atoms with Gasteiger partial charge in [0.15, 0.2) is 0 Å². The zero-order chi connectivity index (χ0) is 27.6. The number of hydrogen-bond acceptors (Lipinski definition) is 5. The number of carbonyl (C=O) groups excluding carboxylic acids is 2. The molecule has 1 aliphatic heterocycles. The first-order chi connectivity index (χ1) is 19.5. The Labute approximate surface area is 230 Å². The number of aryl methyl sites for hydroxylation is 1. The molecule has 6 rings (SSSR count). The smallest absolute Gasteiger partial charge is 0.407 e. The molecule has 1 N–H and O–H groups in total. The minimum absolute atomic E-state index is 0.103. The van der Waals surface area contributed by atoms with Crippen molar-refractivity contribution in [1.82, 2.24) is 19.7 Å². The molecule has 1 aliphatic rings. The molecule has 0 spiro atoms. The summed E-state index contributed by atoms with van der Waals surface area (Å²) in [5.74, 6) is -0.105. The van der Waals surface area contributed by atoms with Crippen LogP contribution in [0.3, 0.4) is 0 Å². The van der Waals surface area contributed by atoms with E-state index in [9.17, 15) is 14.4 Å². The van der Waals surface area contributed by atoms with Gasteiger partial charge in [0.1, 0.15) is 6.61 Å². The van der Waals surface area contributed by atoms with E-state index in [0.29, 0.717) is 5.69 Å². The third kappa shape index (κ3) is 4.84. The molecule has 0 bridgehead atoms. The lowest BCUT2D eigenvalue weighted by Gasteiger charge is -2.29. The highest BCUT2D eigenvalue weighted by atomic mass is 16.5. The van der Waals surface area contributed by atoms with Crippen LogP contribution in [0.1, 0.15) is 23.6 Å². The van der Waals surface area contributed by atoms with Gasteiger partial charge in [0.05, 0.1) is 29.5 Å². The summed E-state index contributed by atoms with van der Waals surface area (Å²) >= 11 is 0. The lowest BCUT2D eigenvalue weighted by atomic mass is 9.99. The van der Waals surface area contributed by atoms with Gasteiger partial charge < -0.3 is 19.5 Å². The minimum atomic E-state index is -0.571. The van der Waals surface area contributed by atoms with Crippen molar-refractivity contribution in [2.75, 3.05) is 4.90 Å². The number of anilines is 1. The number of alkyl carbamates (subject to hydrolysis) is 1. The van der Waals surface area contributed by atoms with E-state index in [1.54, 1.807) is 35.1 Å². The average molecular weight is 534 g/mol. The molecule has 0 saturated carbocycles. The maximum atomic E-state index is 13.4. The lowest BCUT2D eigenvalue weighted by molar-refractivity contribution is -0.117. The van der Waals surface area contributed by atoms with Crippen molar-refractivity contribution in [2.45, 2.75) is 25.1 Å². The van der Waals surface area contributed by atoms with Crippen molar-refractivity contribution in [2.24, 2.45) is 7.05 Å². The Bertz CT molecular complexity index is 1750. The van der Waals surface area contributed by atoms with Crippen LogP contribution < -0.4 is 15.8 Å². The number of fused-ring (bicyclic) bond motifs is 1. The first-order valence-corrected chi connectivity index (χ1v) is 13.0. The van der Waals surface area contributed by atoms with Crippen molar-refractivity contribution in [3.8, 4) is 5.69 Å². The molecule has 2 aromatic heterocycles. The van der Waals surface area contributed by atoms with Gasteiger partial charge in [0, 0.05) is 36.8 Å². The fourth-order valence-corrected chi connectivity index (χ4v) is 5.20. The van der Waals surface area contributed by atoms with E-state index in [-0.39, 0.29) is 24.5 Å². The number of nitrogens with zero attached hydrogens (tertiary/aromatic N) is 4. The Hall–Kier alpha value is -5.18. The van der Waals surface area contributed by atoms with E-state index in [1.165, 1.54) is 10.6 Å². The summed E-state index contributed by atoms with van der Waals surface area (Å²) in [6.07, 6.45) is 3.03. The van der Waals surface area contributed by atoms with Crippen LogP contribution in [0.2, 0.25) is 0 Å². The molecule has 0 aliphatic carbocycles. The molecule has 2 amide bonds. The van der Waals surface area contributed by atoms with Crippen LogP contribution in [0.5, 0.6) is 0 Å². The van der Waals surface area contributed by atoms with E-state index >= 15 is 0 Å². The average Bonchev–Trinajstić information content (AvgIpc) is 3.54. The summed E-state index contributed by atoms with van der Waals surface area (Å²) in [4.78, 5) is 39.8. The molecule has 3 aromatic carbocycles. The van der Waals surface area contributed by atoms with Crippen LogP contribution in [0, 0.1) is 0 Å². The van der Waals surface area contributed by atoms with Gasteiger partial charge in [-0.15, -0.1) is 0 Å². The number of carbonyl (C=O) groups is 2. The molecule has 1 saturated heterocycles. The van der Waals surface area contributed by atoms with Crippen LogP contribution in [-0.4, -0.2) is 32.4 Å². The second-order valence-electron chi connectivity index (χ2n) is 9.77. The molecule has 9 heteroatoms. The topological polar surface area (TPSA) is 98.5 Å². The monoisotopic (exact) mass is 533 g/mol. The number of pyridine rings is 1. The van der Waals surface area contributed by atoms with Crippen LogP contribution in [0.25, 0.3) is 16.6 Å². The number of rotatable bonds is 6. The number of nitrogens with one attached hydrogen (secondary N) is 1. The molecule has 3 heterocycles. The third-order valence-electron chi connectivity index (χ3n) is 7.12. The fraction of sp³-hybridized carbons (Fsp3) is 0.161. The number of ether oxygens (including phenoxy) is 1. The van der Waals surface area contributed by atoms with E-state index in [2.05, 4.69) is 10.4 Å². The molecular weight excluding hydrogens is 506 g/mol. The largest absolute Gasteiger partial charge is 0.445 e. The Morgan fingerprint density at radius 2 is 1.68 bits per heavy atom. The lowest BCUT2D eigenvalue weighted by Crippen LogP contribution is -2.40. The zero-order valence-electron chi connectivity index (χ0n) is 21.8. The third-order valence-corrected chi connectivity index (χ3v) is 7.12. The molecule has 0 radical (unpaired) electrons. The van der Waals surface area contributed by atoms with Crippen LogP contribution >= 0.6 is 0 Å². The highest BCUT2D eigenvalue weighted by molar-refractivity contribution is 5.99. The van der Waals surface area contributed by atoms with Crippen molar-refractivity contribution in [1.29, 1.82) is 0 Å². The van der Waals surface area contributed by atoms with Crippen LogP contribution in [0.4, 0.5) is 10.5 Å².